The summed E-state index contributed by atoms with van der Waals surface area (Å²) in [7, 11) is 0. The number of carbonyl (C=O) groups is 1. The Labute approximate surface area is 137 Å². The predicted molar refractivity (Wildman–Crippen MR) is 87.7 cm³/mol. The number of imidazole rings is 1. The van der Waals surface area contributed by atoms with E-state index in [1.54, 1.807) is 29.3 Å². The summed E-state index contributed by atoms with van der Waals surface area (Å²) in [5, 5.41) is 0. The number of oxazole rings is 1. The minimum absolute atomic E-state index is 0.000249. The zero-order valence-corrected chi connectivity index (χ0v) is 13.4. The minimum Gasteiger partial charge on any atom is -0.408 e. The molecule has 1 aliphatic heterocycles. The van der Waals surface area contributed by atoms with E-state index in [9.17, 15) is 9.59 Å². The third-order valence-corrected chi connectivity index (χ3v) is 4.52. The topological polar surface area (TPSA) is 84.1 Å². The van der Waals surface area contributed by atoms with Crippen LogP contribution in [0.2, 0.25) is 0 Å². The van der Waals surface area contributed by atoms with Gasteiger partial charge in [-0.1, -0.05) is 12.1 Å². The van der Waals surface area contributed by atoms with Gasteiger partial charge in [0.15, 0.2) is 5.58 Å². The van der Waals surface area contributed by atoms with Crippen molar-refractivity contribution in [1.82, 2.24) is 19.4 Å². The molecule has 0 aliphatic carbocycles. The van der Waals surface area contributed by atoms with Crippen molar-refractivity contribution in [3.05, 3.63) is 52.5 Å². The van der Waals surface area contributed by atoms with Crippen molar-refractivity contribution in [3.63, 3.8) is 0 Å². The number of H-pyrrole nitrogens is 1. The quantitative estimate of drug-likeness (QED) is 0.793. The number of nitrogens with zero attached hydrogens (tertiary/aromatic N) is 3. The van der Waals surface area contributed by atoms with Crippen LogP contribution in [0.15, 0.2) is 39.7 Å². The molecule has 0 saturated carbocycles. The van der Waals surface area contributed by atoms with Gasteiger partial charge in [-0.3, -0.25) is 9.36 Å². The minimum atomic E-state index is -0.498. The van der Waals surface area contributed by atoms with E-state index in [1.165, 1.54) is 4.57 Å². The highest BCUT2D eigenvalue weighted by molar-refractivity contribution is 5.79. The predicted octanol–water partition coefficient (Wildman–Crippen LogP) is 1.64. The molecule has 3 heterocycles. The van der Waals surface area contributed by atoms with Gasteiger partial charge in [-0.25, -0.2) is 9.78 Å². The number of nitrogens with one attached hydrogen (secondary N) is 1. The SMILES string of the molecule is Cc1cnc([C@@H]2CCN(C(=O)Cn3c(=O)oc4ccccc43)C2)[nH]1. The lowest BCUT2D eigenvalue weighted by molar-refractivity contribution is -0.130. The van der Waals surface area contributed by atoms with Gasteiger partial charge in [-0.2, -0.15) is 0 Å². The van der Waals surface area contributed by atoms with Gasteiger partial charge >= 0.3 is 5.76 Å². The fourth-order valence-electron chi connectivity index (χ4n) is 3.25. The van der Waals surface area contributed by atoms with Crippen molar-refractivity contribution in [2.45, 2.75) is 25.8 Å². The van der Waals surface area contributed by atoms with Crippen LogP contribution in [0.25, 0.3) is 11.1 Å². The van der Waals surface area contributed by atoms with E-state index in [0.29, 0.717) is 24.2 Å². The summed E-state index contributed by atoms with van der Waals surface area (Å²) in [5.41, 5.74) is 2.17. The molecule has 1 fully saturated rings. The molecule has 7 heteroatoms. The smallest absolute Gasteiger partial charge is 0.408 e. The largest absolute Gasteiger partial charge is 0.420 e. The first-order valence-electron chi connectivity index (χ1n) is 7.99. The Kier molecular flexibility index (Phi) is 3.48. The summed E-state index contributed by atoms with van der Waals surface area (Å²) in [4.78, 5) is 34.0. The molecule has 4 rings (SSSR count). The second-order valence-corrected chi connectivity index (χ2v) is 6.20. The van der Waals surface area contributed by atoms with Crippen molar-refractivity contribution in [2.75, 3.05) is 13.1 Å². The van der Waals surface area contributed by atoms with Crippen molar-refractivity contribution < 1.29 is 9.21 Å². The Morgan fingerprint density at radius 2 is 2.25 bits per heavy atom. The summed E-state index contributed by atoms with van der Waals surface area (Å²) in [6.07, 6.45) is 2.68. The highest BCUT2D eigenvalue weighted by Crippen LogP contribution is 2.25. The molecule has 24 heavy (non-hydrogen) atoms. The monoisotopic (exact) mass is 326 g/mol. The molecule has 0 spiro atoms. The molecule has 1 amide bonds. The van der Waals surface area contributed by atoms with E-state index in [4.69, 9.17) is 4.42 Å². The van der Waals surface area contributed by atoms with Crippen LogP contribution in [0.5, 0.6) is 0 Å². The maximum atomic E-state index is 12.6. The highest BCUT2D eigenvalue weighted by Gasteiger charge is 2.29. The lowest BCUT2D eigenvalue weighted by atomic mass is 10.1. The maximum Gasteiger partial charge on any atom is 0.420 e. The Morgan fingerprint density at radius 1 is 1.42 bits per heavy atom. The second kappa shape index (κ2) is 5.67. The molecular formula is C17H18N4O3. The number of rotatable bonds is 3. The van der Waals surface area contributed by atoms with Gasteiger partial charge in [0.25, 0.3) is 0 Å². The van der Waals surface area contributed by atoms with Crippen LogP contribution in [0.3, 0.4) is 0 Å². The summed E-state index contributed by atoms with van der Waals surface area (Å²) in [6, 6.07) is 7.13. The number of hydrogen-bond acceptors (Lipinski definition) is 4. The first kappa shape index (κ1) is 14.7. The van der Waals surface area contributed by atoms with Gasteiger partial charge in [0.05, 0.1) is 5.52 Å². The first-order chi connectivity index (χ1) is 11.6. The second-order valence-electron chi connectivity index (χ2n) is 6.20. The summed E-state index contributed by atoms with van der Waals surface area (Å²) >= 11 is 0. The van der Waals surface area contributed by atoms with Crippen molar-refractivity contribution in [3.8, 4) is 0 Å². The molecule has 2 aromatic heterocycles. The van der Waals surface area contributed by atoms with Crippen molar-refractivity contribution >= 4 is 17.0 Å². The average Bonchev–Trinajstić information content (AvgIpc) is 3.27. The molecule has 7 nitrogen and oxygen atoms in total. The van der Waals surface area contributed by atoms with Gasteiger partial charge < -0.3 is 14.3 Å². The van der Waals surface area contributed by atoms with Crippen molar-refractivity contribution in [1.29, 1.82) is 0 Å². The molecule has 3 aromatic rings. The van der Waals surface area contributed by atoms with Crippen LogP contribution < -0.4 is 5.76 Å². The van der Waals surface area contributed by atoms with Crippen LogP contribution >= 0.6 is 0 Å². The van der Waals surface area contributed by atoms with Crippen LogP contribution in [0.4, 0.5) is 0 Å². The number of likely N-dealkylation sites (tertiary alicyclic amines) is 1. The van der Waals surface area contributed by atoms with Gasteiger partial charge in [0.2, 0.25) is 5.91 Å². The number of carbonyl (C=O) groups excluding carboxylic acids is 1. The number of fused-ring (bicyclic) bond motifs is 1. The fraction of sp³-hybridized carbons (Fsp3) is 0.353. The Balaban J connectivity index is 1.50. The van der Waals surface area contributed by atoms with E-state index in [2.05, 4.69) is 9.97 Å². The van der Waals surface area contributed by atoms with Crippen LogP contribution in [-0.4, -0.2) is 38.4 Å². The zero-order valence-electron chi connectivity index (χ0n) is 13.4. The van der Waals surface area contributed by atoms with Crippen LogP contribution in [0.1, 0.15) is 23.9 Å². The third kappa shape index (κ3) is 2.51. The first-order valence-corrected chi connectivity index (χ1v) is 7.99. The molecule has 1 saturated heterocycles. The summed E-state index contributed by atoms with van der Waals surface area (Å²) in [5.74, 6) is 0.575. The Bertz CT molecular complexity index is 952. The molecule has 0 radical (unpaired) electrons. The molecule has 124 valence electrons. The molecule has 0 bridgehead atoms. The van der Waals surface area contributed by atoms with Crippen LogP contribution in [-0.2, 0) is 11.3 Å². The van der Waals surface area contributed by atoms with E-state index < -0.39 is 5.76 Å². The molecule has 1 aliphatic rings. The molecule has 1 atom stereocenters. The fourth-order valence-corrected chi connectivity index (χ4v) is 3.25. The number of hydrogen-bond donors (Lipinski definition) is 1. The number of benzene rings is 1. The van der Waals surface area contributed by atoms with Crippen LogP contribution in [0, 0.1) is 6.92 Å². The number of aromatic amines is 1. The van der Waals surface area contributed by atoms with E-state index >= 15 is 0 Å². The normalized spacial score (nSPS) is 17.7. The molecule has 0 unspecified atom stereocenters. The highest BCUT2D eigenvalue weighted by atomic mass is 16.4. The average molecular weight is 326 g/mol. The number of para-hydroxylation sites is 2. The number of aromatic nitrogens is 3. The van der Waals surface area contributed by atoms with Crippen molar-refractivity contribution in [2.24, 2.45) is 0 Å². The Morgan fingerprint density at radius 3 is 3.04 bits per heavy atom. The molecule has 1 N–H and O–H groups in total. The summed E-state index contributed by atoms with van der Waals surface area (Å²) < 4.78 is 6.57. The van der Waals surface area contributed by atoms with Gasteiger partial charge in [0.1, 0.15) is 12.4 Å². The van der Waals surface area contributed by atoms with E-state index in [-0.39, 0.29) is 18.4 Å². The Hall–Kier alpha value is -2.83. The van der Waals surface area contributed by atoms with Gasteiger partial charge in [0, 0.05) is 30.9 Å². The lowest BCUT2D eigenvalue weighted by Gasteiger charge is -2.16. The standard InChI is InChI=1S/C17H18N4O3/c1-11-8-18-16(19-11)12-6-7-20(9-12)15(22)10-21-13-4-2-3-5-14(13)24-17(21)23/h2-5,8,12H,6-7,9-10H2,1H3,(H,18,19)/t12-/m1/s1. The third-order valence-electron chi connectivity index (χ3n) is 4.52. The van der Waals surface area contributed by atoms with E-state index in [0.717, 1.165) is 17.9 Å². The molecular weight excluding hydrogens is 308 g/mol. The van der Waals surface area contributed by atoms with E-state index in [1.807, 2.05) is 13.0 Å². The summed E-state index contributed by atoms with van der Waals surface area (Å²) in [6.45, 7) is 3.26. The molecule has 1 aromatic carbocycles. The van der Waals surface area contributed by atoms with Gasteiger partial charge in [-0.05, 0) is 25.5 Å². The maximum absolute atomic E-state index is 12.6. The lowest BCUT2D eigenvalue weighted by Crippen LogP contribution is -2.34. The number of amides is 1. The van der Waals surface area contributed by atoms with Gasteiger partial charge in [-0.15, -0.1) is 0 Å². The number of aryl methyl sites for hydroxylation is 1. The zero-order chi connectivity index (χ0) is 16.7.